The molecule has 1 saturated heterocycles. The molecule has 9 heteroatoms. The van der Waals surface area contributed by atoms with Gasteiger partial charge in [0.1, 0.15) is 0 Å². The number of tetrazole rings is 1. The van der Waals surface area contributed by atoms with Crippen molar-refractivity contribution in [3.63, 3.8) is 0 Å². The highest BCUT2D eigenvalue weighted by Crippen LogP contribution is 2.44. The summed E-state index contributed by atoms with van der Waals surface area (Å²) in [6.07, 6.45) is 5.95. The SMILES string of the molecule is COc1nc(C(C[C@H]2CCC(=O)N2)c2ccc(CCc3nn[nH]n3)c(Cl)c2)ccc1C1CC1. The van der Waals surface area contributed by atoms with E-state index in [0.29, 0.717) is 35.5 Å². The minimum absolute atomic E-state index is 0.000639. The van der Waals surface area contributed by atoms with Crippen LogP contribution in [0, 0.1) is 0 Å². The number of H-pyrrole nitrogens is 1. The van der Waals surface area contributed by atoms with Gasteiger partial charge in [-0.15, -0.1) is 10.2 Å². The van der Waals surface area contributed by atoms with Gasteiger partial charge in [0.15, 0.2) is 5.82 Å². The Kier molecular flexibility index (Phi) is 6.26. The first-order chi connectivity index (χ1) is 16.1. The topological polar surface area (TPSA) is 106 Å². The number of amides is 1. The first kappa shape index (κ1) is 21.8. The highest BCUT2D eigenvalue weighted by atomic mass is 35.5. The average Bonchev–Trinajstić information content (AvgIpc) is 3.37. The van der Waals surface area contributed by atoms with E-state index < -0.39 is 0 Å². The molecule has 3 heterocycles. The Hall–Kier alpha value is -3.00. The normalized spacial score (nSPS) is 18.8. The number of pyridine rings is 1. The van der Waals surface area contributed by atoms with E-state index in [1.165, 1.54) is 18.4 Å². The first-order valence-electron chi connectivity index (χ1n) is 11.5. The standard InChI is InChI=1S/C24H27ClN6O2/c1-33-24-18(14-2-3-14)8-9-21(27-24)19(13-17-7-11-23(32)26-17)16-5-4-15(20(25)12-16)6-10-22-28-30-31-29-22/h4-5,8-9,12,14,17,19H,2-3,6-7,10-11,13H2,1H3,(H,26,32)(H,28,29,30,31)/t17-,19?/m1/s1. The molecule has 2 aliphatic rings. The van der Waals surface area contributed by atoms with Crippen LogP contribution in [-0.4, -0.2) is 44.7 Å². The minimum Gasteiger partial charge on any atom is -0.481 e. The molecule has 8 nitrogen and oxygen atoms in total. The molecule has 3 aromatic rings. The number of aromatic amines is 1. The highest BCUT2D eigenvalue weighted by molar-refractivity contribution is 6.31. The zero-order chi connectivity index (χ0) is 22.8. The Balaban J connectivity index is 1.42. The van der Waals surface area contributed by atoms with Crippen LogP contribution in [0.1, 0.15) is 72.1 Å². The van der Waals surface area contributed by atoms with E-state index in [4.69, 9.17) is 21.3 Å². The molecule has 1 aromatic carbocycles. The third-order valence-corrected chi connectivity index (χ3v) is 6.92. The van der Waals surface area contributed by atoms with E-state index in [1.54, 1.807) is 7.11 Å². The van der Waals surface area contributed by atoms with E-state index in [1.807, 2.05) is 6.07 Å². The summed E-state index contributed by atoms with van der Waals surface area (Å²) in [6, 6.07) is 10.6. The second-order valence-corrected chi connectivity index (χ2v) is 9.29. The van der Waals surface area contributed by atoms with Gasteiger partial charge >= 0.3 is 0 Å². The van der Waals surface area contributed by atoms with Crippen LogP contribution in [0.2, 0.25) is 5.02 Å². The number of ether oxygens (including phenoxy) is 1. The Morgan fingerprint density at radius 3 is 2.73 bits per heavy atom. The van der Waals surface area contributed by atoms with Gasteiger partial charge in [-0.2, -0.15) is 5.21 Å². The van der Waals surface area contributed by atoms with Gasteiger partial charge in [0.25, 0.3) is 0 Å². The molecular weight excluding hydrogens is 440 g/mol. The number of rotatable bonds is 9. The lowest BCUT2D eigenvalue weighted by molar-refractivity contribution is -0.119. The molecule has 0 bridgehead atoms. The monoisotopic (exact) mass is 466 g/mol. The quantitative estimate of drug-likeness (QED) is 0.498. The Labute approximate surface area is 197 Å². The Morgan fingerprint density at radius 1 is 1.18 bits per heavy atom. The van der Waals surface area contributed by atoms with Gasteiger partial charge in [-0.25, -0.2) is 4.98 Å². The minimum atomic E-state index is -0.000639. The molecule has 0 spiro atoms. The summed E-state index contributed by atoms with van der Waals surface area (Å²) in [5.41, 5.74) is 4.24. The van der Waals surface area contributed by atoms with Crippen LogP contribution >= 0.6 is 11.6 Å². The van der Waals surface area contributed by atoms with Crippen molar-refractivity contribution in [2.75, 3.05) is 7.11 Å². The van der Waals surface area contributed by atoms with Crippen LogP contribution in [0.15, 0.2) is 30.3 Å². The van der Waals surface area contributed by atoms with E-state index in [9.17, 15) is 4.79 Å². The Morgan fingerprint density at radius 2 is 2.06 bits per heavy atom. The van der Waals surface area contributed by atoms with E-state index in [2.05, 4.69) is 50.2 Å². The lowest BCUT2D eigenvalue weighted by Gasteiger charge is -2.23. The molecule has 1 amide bonds. The molecule has 2 N–H and O–H groups in total. The third kappa shape index (κ3) is 5.00. The number of carbonyl (C=O) groups excluding carboxylic acids is 1. The second-order valence-electron chi connectivity index (χ2n) is 8.88. The lowest BCUT2D eigenvalue weighted by Crippen LogP contribution is -2.27. The van der Waals surface area contributed by atoms with Gasteiger partial charge < -0.3 is 10.1 Å². The number of nitrogens with one attached hydrogen (secondary N) is 2. The van der Waals surface area contributed by atoms with Crippen LogP contribution in [0.25, 0.3) is 0 Å². The number of methoxy groups -OCH3 is 1. The van der Waals surface area contributed by atoms with Crippen LogP contribution in [-0.2, 0) is 17.6 Å². The summed E-state index contributed by atoms with van der Waals surface area (Å²) in [6.45, 7) is 0. The van der Waals surface area contributed by atoms with Crippen molar-refractivity contribution in [1.29, 1.82) is 0 Å². The number of hydrogen-bond donors (Lipinski definition) is 2. The molecule has 1 saturated carbocycles. The van der Waals surface area contributed by atoms with Crippen molar-refractivity contribution in [2.45, 2.75) is 62.8 Å². The van der Waals surface area contributed by atoms with Crippen LogP contribution in [0.5, 0.6) is 5.88 Å². The van der Waals surface area contributed by atoms with Gasteiger partial charge in [-0.05, 0) is 61.3 Å². The van der Waals surface area contributed by atoms with Gasteiger partial charge in [0.05, 0.1) is 12.8 Å². The molecule has 1 aliphatic carbocycles. The fraction of sp³-hybridized carbons (Fsp3) is 0.458. The summed E-state index contributed by atoms with van der Waals surface area (Å²) in [5.74, 6) is 2.04. The number of aryl methyl sites for hydroxylation is 2. The fourth-order valence-corrected chi connectivity index (χ4v) is 4.90. The molecule has 1 unspecified atom stereocenters. The lowest BCUT2D eigenvalue weighted by atomic mass is 9.87. The van der Waals surface area contributed by atoms with Crippen molar-refractivity contribution in [3.05, 3.63) is 63.6 Å². The summed E-state index contributed by atoms with van der Waals surface area (Å²) in [4.78, 5) is 16.7. The maximum absolute atomic E-state index is 11.8. The number of halogens is 1. The summed E-state index contributed by atoms with van der Waals surface area (Å²) >= 11 is 6.70. The molecule has 0 radical (unpaired) electrons. The molecular formula is C24H27ClN6O2. The number of aromatic nitrogens is 5. The van der Waals surface area contributed by atoms with Crippen molar-refractivity contribution >= 4 is 17.5 Å². The molecule has 2 atom stereocenters. The maximum Gasteiger partial charge on any atom is 0.220 e. The van der Waals surface area contributed by atoms with Gasteiger partial charge in [0.2, 0.25) is 11.8 Å². The van der Waals surface area contributed by atoms with Crippen molar-refractivity contribution in [3.8, 4) is 5.88 Å². The number of benzene rings is 1. The summed E-state index contributed by atoms with van der Waals surface area (Å²) < 4.78 is 5.64. The fourth-order valence-electron chi connectivity index (χ4n) is 4.61. The van der Waals surface area contributed by atoms with Crippen molar-refractivity contribution in [2.24, 2.45) is 0 Å². The van der Waals surface area contributed by atoms with Crippen LogP contribution in [0.4, 0.5) is 0 Å². The average molecular weight is 467 g/mol. The first-order valence-corrected chi connectivity index (χ1v) is 11.8. The zero-order valence-electron chi connectivity index (χ0n) is 18.6. The zero-order valence-corrected chi connectivity index (χ0v) is 19.3. The molecule has 33 heavy (non-hydrogen) atoms. The molecule has 2 aromatic heterocycles. The predicted octanol–water partition coefficient (Wildman–Crippen LogP) is 3.72. The predicted molar refractivity (Wildman–Crippen MR) is 123 cm³/mol. The number of nitrogens with zero attached hydrogens (tertiary/aromatic N) is 4. The van der Waals surface area contributed by atoms with Gasteiger partial charge in [-0.3, -0.25) is 4.79 Å². The third-order valence-electron chi connectivity index (χ3n) is 6.57. The molecule has 5 rings (SSSR count). The largest absolute Gasteiger partial charge is 0.481 e. The molecule has 1 aliphatic heterocycles. The summed E-state index contributed by atoms with van der Waals surface area (Å²) in [7, 11) is 1.68. The highest BCUT2D eigenvalue weighted by Gasteiger charge is 2.30. The Bertz CT molecular complexity index is 1130. The van der Waals surface area contributed by atoms with Gasteiger partial charge in [-0.1, -0.05) is 35.0 Å². The summed E-state index contributed by atoms with van der Waals surface area (Å²) in [5, 5.41) is 17.9. The smallest absolute Gasteiger partial charge is 0.220 e. The molecule has 2 fully saturated rings. The van der Waals surface area contributed by atoms with E-state index >= 15 is 0 Å². The maximum atomic E-state index is 11.8. The van der Waals surface area contributed by atoms with Gasteiger partial charge in [0, 0.05) is 35.4 Å². The number of hydrogen-bond acceptors (Lipinski definition) is 6. The second kappa shape index (κ2) is 9.47. The van der Waals surface area contributed by atoms with Crippen molar-refractivity contribution < 1.29 is 9.53 Å². The van der Waals surface area contributed by atoms with Crippen molar-refractivity contribution in [1.82, 2.24) is 30.9 Å². The number of carbonyl (C=O) groups is 1. The van der Waals surface area contributed by atoms with Crippen LogP contribution in [0.3, 0.4) is 0 Å². The van der Waals surface area contributed by atoms with E-state index in [0.717, 1.165) is 36.1 Å². The van der Waals surface area contributed by atoms with Crippen LogP contribution < -0.4 is 10.1 Å². The molecule has 172 valence electrons. The van der Waals surface area contributed by atoms with E-state index in [-0.39, 0.29) is 17.9 Å².